The van der Waals surface area contributed by atoms with Gasteiger partial charge in [0.2, 0.25) is 0 Å². The first-order valence-corrected chi connectivity index (χ1v) is 9.88. The molecule has 29 heavy (non-hydrogen) atoms. The van der Waals surface area contributed by atoms with Crippen LogP contribution in [0.5, 0.6) is 5.75 Å². The van der Waals surface area contributed by atoms with Crippen LogP contribution in [0.1, 0.15) is 53.2 Å². The first kappa shape index (κ1) is 22.4. The summed E-state index contributed by atoms with van der Waals surface area (Å²) in [4.78, 5) is 24.9. The smallest absolute Gasteiger partial charge is 0.335 e. The highest BCUT2D eigenvalue weighted by molar-refractivity contribution is 5.89. The number of benzene rings is 2. The largest absolute Gasteiger partial charge is 0.508 e. The molecule has 0 aliphatic heterocycles. The van der Waals surface area contributed by atoms with Gasteiger partial charge in [-0.2, -0.15) is 0 Å². The monoisotopic (exact) mass is 399 g/mol. The Morgan fingerprint density at radius 1 is 1.07 bits per heavy atom. The van der Waals surface area contributed by atoms with E-state index < -0.39 is 5.97 Å². The number of ether oxygens (including phenoxy) is 1. The van der Waals surface area contributed by atoms with Crippen molar-refractivity contribution in [1.82, 2.24) is 4.90 Å². The van der Waals surface area contributed by atoms with Gasteiger partial charge in [0, 0.05) is 25.1 Å². The van der Waals surface area contributed by atoms with Crippen molar-refractivity contribution in [3.05, 3.63) is 64.7 Å². The maximum absolute atomic E-state index is 11.5. The number of unbranched alkanes of at least 4 members (excludes halogenated alkanes) is 1. The lowest BCUT2D eigenvalue weighted by molar-refractivity contribution is -0.143. The molecule has 2 N–H and O–H groups in total. The fourth-order valence-electron chi connectivity index (χ4n) is 3.26. The molecule has 0 fully saturated rings. The van der Waals surface area contributed by atoms with Crippen molar-refractivity contribution in [2.24, 2.45) is 0 Å². The van der Waals surface area contributed by atoms with Gasteiger partial charge in [0.15, 0.2) is 0 Å². The molecule has 0 aliphatic carbocycles. The fraction of sp³-hybridized carbons (Fsp3) is 0.391. The third-order valence-electron chi connectivity index (χ3n) is 4.72. The van der Waals surface area contributed by atoms with Crippen LogP contribution >= 0.6 is 0 Å². The van der Waals surface area contributed by atoms with Gasteiger partial charge >= 0.3 is 11.9 Å². The summed E-state index contributed by atoms with van der Waals surface area (Å²) in [6.45, 7) is 5.90. The highest BCUT2D eigenvalue weighted by atomic mass is 16.5. The van der Waals surface area contributed by atoms with Crippen molar-refractivity contribution in [1.29, 1.82) is 0 Å². The Morgan fingerprint density at radius 3 is 2.48 bits per heavy atom. The lowest BCUT2D eigenvalue weighted by atomic mass is 10.0. The van der Waals surface area contributed by atoms with Gasteiger partial charge in [-0.15, -0.1) is 0 Å². The number of rotatable bonds is 11. The number of phenolic OH excluding ortho intramolecular Hbond substituents is 1. The van der Waals surface area contributed by atoms with Gasteiger partial charge in [-0.3, -0.25) is 9.69 Å². The van der Waals surface area contributed by atoms with Crippen LogP contribution < -0.4 is 0 Å². The zero-order valence-corrected chi connectivity index (χ0v) is 17.1. The van der Waals surface area contributed by atoms with Crippen LogP contribution in [0.3, 0.4) is 0 Å². The molecule has 0 heterocycles. The highest BCUT2D eigenvalue weighted by Crippen LogP contribution is 2.20. The molecule has 2 aromatic rings. The molecule has 0 atom stereocenters. The Hall–Kier alpha value is -2.86. The van der Waals surface area contributed by atoms with Crippen LogP contribution in [0.4, 0.5) is 0 Å². The number of aryl methyl sites for hydroxylation is 1. The molecular formula is C23H29NO5. The number of esters is 1. The molecule has 6 heteroatoms. The summed E-state index contributed by atoms with van der Waals surface area (Å²) in [5.41, 5.74) is 2.86. The quantitative estimate of drug-likeness (QED) is 0.436. The minimum atomic E-state index is -0.931. The Labute approximate surface area is 171 Å². The minimum absolute atomic E-state index is 0.181. The number of carboxylic acid groups (broad SMARTS) is 1. The molecule has 0 unspecified atom stereocenters. The minimum Gasteiger partial charge on any atom is -0.508 e. The zero-order valence-electron chi connectivity index (χ0n) is 17.1. The van der Waals surface area contributed by atoms with E-state index >= 15 is 0 Å². The number of hydrogen-bond acceptors (Lipinski definition) is 5. The number of phenols is 1. The molecule has 0 amide bonds. The van der Waals surface area contributed by atoms with Crippen molar-refractivity contribution in [2.75, 3.05) is 13.2 Å². The Balaban J connectivity index is 2.05. The van der Waals surface area contributed by atoms with E-state index in [9.17, 15) is 19.8 Å². The fourth-order valence-corrected chi connectivity index (χ4v) is 3.26. The lowest BCUT2D eigenvalue weighted by Gasteiger charge is -2.23. The average molecular weight is 399 g/mol. The number of aromatic carboxylic acids is 1. The number of carbonyl (C=O) groups is 2. The van der Waals surface area contributed by atoms with Crippen molar-refractivity contribution in [3.8, 4) is 5.75 Å². The normalized spacial score (nSPS) is 10.9. The van der Waals surface area contributed by atoms with Crippen LogP contribution in [0.2, 0.25) is 0 Å². The maximum atomic E-state index is 11.5. The van der Waals surface area contributed by atoms with Crippen LogP contribution in [0.25, 0.3) is 0 Å². The first-order valence-electron chi connectivity index (χ1n) is 9.88. The Morgan fingerprint density at radius 2 is 1.83 bits per heavy atom. The van der Waals surface area contributed by atoms with E-state index in [-0.39, 0.29) is 11.7 Å². The van der Waals surface area contributed by atoms with E-state index in [2.05, 4.69) is 4.90 Å². The second kappa shape index (κ2) is 11.2. The molecule has 0 spiro atoms. The predicted octanol–water partition coefficient (Wildman–Crippen LogP) is 4.13. The number of nitrogens with zero attached hydrogens (tertiary/aromatic N) is 1. The van der Waals surface area contributed by atoms with Crippen molar-refractivity contribution >= 4 is 11.9 Å². The second-order valence-electron chi connectivity index (χ2n) is 7.06. The molecule has 0 aromatic heterocycles. The van der Waals surface area contributed by atoms with Gasteiger partial charge in [0.25, 0.3) is 0 Å². The van der Waals surface area contributed by atoms with Gasteiger partial charge in [-0.1, -0.05) is 30.3 Å². The summed E-state index contributed by atoms with van der Waals surface area (Å²) >= 11 is 0. The van der Waals surface area contributed by atoms with E-state index in [0.717, 1.165) is 36.1 Å². The third kappa shape index (κ3) is 7.23. The van der Waals surface area contributed by atoms with Gasteiger partial charge in [0.1, 0.15) is 5.75 Å². The standard InChI is InChI=1S/C23H29NO5/c1-3-29-22(26)10-6-7-13-24(16-19-8-4-5-9-21(19)25)15-18-11-12-20(23(27)28)17(2)14-18/h4-5,8-9,11-12,14,25H,3,6-7,10,13,15-16H2,1-2H3,(H,27,28). The summed E-state index contributed by atoms with van der Waals surface area (Å²) in [6, 6.07) is 12.6. The summed E-state index contributed by atoms with van der Waals surface area (Å²) in [6.07, 6.45) is 1.94. The second-order valence-corrected chi connectivity index (χ2v) is 7.06. The van der Waals surface area contributed by atoms with Gasteiger partial charge in [-0.05, 0) is 56.5 Å². The molecule has 0 saturated carbocycles. The maximum Gasteiger partial charge on any atom is 0.335 e. The van der Waals surface area contributed by atoms with Crippen LogP contribution in [-0.2, 0) is 22.6 Å². The van der Waals surface area contributed by atoms with Crippen LogP contribution in [0, 0.1) is 6.92 Å². The molecule has 6 nitrogen and oxygen atoms in total. The Kier molecular flexibility index (Phi) is 8.68. The number of para-hydroxylation sites is 1. The first-order chi connectivity index (χ1) is 13.9. The van der Waals surface area contributed by atoms with E-state index in [1.807, 2.05) is 24.3 Å². The molecule has 0 saturated heterocycles. The lowest BCUT2D eigenvalue weighted by Crippen LogP contribution is -2.24. The molecule has 0 bridgehead atoms. The van der Waals surface area contributed by atoms with Crippen LogP contribution in [-0.4, -0.2) is 40.2 Å². The Bertz CT molecular complexity index is 834. The molecule has 156 valence electrons. The van der Waals surface area contributed by atoms with Gasteiger partial charge in [-0.25, -0.2) is 4.79 Å². The third-order valence-corrected chi connectivity index (χ3v) is 4.72. The van der Waals surface area contributed by atoms with E-state index in [1.54, 1.807) is 32.0 Å². The predicted molar refractivity (Wildman–Crippen MR) is 111 cm³/mol. The molecule has 0 aliphatic rings. The van der Waals surface area contributed by atoms with Gasteiger partial charge in [0.05, 0.1) is 12.2 Å². The topological polar surface area (TPSA) is 87.1 Å². The summed E-state index contributed by atoms with van der Waals surface area (Å²) in [7, 11) is 0. The number of aromatic hydroxyl groups is 1. The van der Waals surface area contributed by atoms with Crippen molar-refractivity contribution < 1.29 is 24.5 Å². The number of hydrogen-bond donors (Lipinski definition) is 2. The number of carbonyl (C=O) groups excluding carboxylic acids is 1. The summed E-state index contributed by atoms with van der Waals surface area (Å²) in [5, 5.41) is 19.3. The molecule has 0 radical (unpaired) electrons. The summed E-state index contributed by atoms with van der Waals surface area (Å²) < 4.78 is 4.97. The van der Waals surface area contributed by atoms with Crippen molar-refractivity contribution in [3.63, 3.8) is 0 Å². The molecule has 2 aromatic carbocycles. The van der Waals surface area contributed by atoms with E-state index in [0.29, 0.717) is 31.7 Å². The zero-order chi connectivity index (χ0) is 21.2. The van der Waals surface area contributed by atoms with Gasteiger partial charge < -0.3 is 14.9 Å². The van der Waals surface area contributed by atoms with E-state index in [4.69, 9.17) is 4.74 Å². The van der Waals surface area contributed by atoms with Crippen molar-refractivity contribution in [2.45, 2.75) is 46.2 Å². The SMILES string of the molecule is CCOC(=O)CCCCN(Cc1ccc(C(=O)O)c(C)c1)Cc1ccccc1O. The van der Waals surface area contributed by atoms with E-state index in [1.165, 1.54) is 0 Å². The number of carboxylic acids is 1. The average Bonchev–Trinajstić information content (AvgIpc) is 2.67. The highest BCUT2D eigenvalue weighted by Gasteiger charge is 2.13. The van der Waals surface area contributed by atoms with Crippen LogP contribution in [0.15, 0.2) is 42.5 Å². The molecular weight excluding hydrogens is 370 g/mol. The summed E-state index contributed by atoms with van der Waals surface area (Å²) in [5.74, 6) is -0.861. The molecule has 2 rings (SSSR count).